The van der Waals surface area contributed by atoms with Gasteiger partial charge in [0.05, 0.1) is 11.8 Å². The summed E-state index contributed by atoms with van der Waals surface area (Å²) in [6.45, 7) is 3.37. The number of carbonyl (C=O) groups excluding carboxylic acids is 4. The van der Waals surface area contributed by atoms with Crippen LogP contribution in [0.25, 0.3) is 0 Å². The van der Waals surface area contributed by atoms with Gasteiger partial charge in [-0.2, -0.15) is 0 Å². The van der Waals surface area contributed by atoms with Crippen LogP contribution in [-0.2, 0) is 30.3 Å². The van der Waals surface area contributed by atoms with Gasteiger partial charge in [-0.05, 0) is 73.8 Å². The molecule has 1 N–H and O–H groups in total. The molecule has 5 rings (SSSR count). The van der Waals surface area contributed by atoms with Crippen LogP contribution in [0.1, 0.15) is 36.0 Å². The van der Waals surface area contributed by atoms with Crippen molar-refractivity contribution < 1.29 is 23.9 Å². The number of aryl methyl sites for hydroxylation is 2. The Hall–Kier alpha value is -3.48. The minimum Gasteiger partial charge on any atom is -0.454 e. The second-order valence-electron chi connectivity index (χ2n) is 10.2. The monoisotopic (exact) mass is 474 g/mol. The molecule has 2 bridgehead atoms. The molecule has 2 aromatic rings. The van der Waals surface area contributed by atoms with Gasteiger partial charge in [0, 0.05) is 12.1 Å². The first-order valence-electron chi connectivity index (χ1n) is 12.3. The zero-order chi connectivity index (χ0) is 24.7. The summed E-state index contributed by atoms with van der Waals surface area (Å²) in [5.41, 5.74) is 3.45. The van der Waals surface area contributed by atoms with Crippen molar-refractivity contribution in [3.63, 3.8) is 0 Å². The predicted octanol–water partition coefficient (Wildman–Crippen LogP) is 3.43. The van der Waals surface area contributed by atoms with Crippen molar-refractivity contribution in [2.75, 3.05) is 11.9 Å². The number of fused-ring (bicyclic) bond motifs is 5. The molecule has 1 aliphatic heterocycles. The van der Waals surface area contributed by atoms with Crippen LogP contribution >= 0.6 is 0 Å². The van der Waals surface area contributed by atoms with Crippen molar-refractivity contribution >= 4 is 29.4 Å². The molecule has 5 atom stereocenters. The summed E-state index contributed by atoms with van der Waals surface area (Å²) in [6.07, 6.45) is 3.01. The van der Waals surface area contributed by atoms with Crippen molar-refractivity contribution in [1.29, 1.82) is 0 Å². The molecule has 182 valence electrons. The van der Waals surface area contributed by atoms with Gasteiger partial charge in [-0.1, -0.05) is 36.4 Å². The largest absolute Gasteiger partial charge is 0.454 e. The number of hydrogen-bond acceptors (Lipinski definition) is 5. The van der Waals surface area contributed by atoms with E-state index in [-0.39, 0.29) is 41.9 Å². The van der Waals surface area contributed by atoms with E-state index in [9.17, 15) is 19.2 Å². The van der Waals surface area contributed by atoms with Crippen LogP contribution in [-0.4, -0.2) is 41.2 Å². The van der Waals surface area contributed by atoms with Gasteiger partial charge in [-0.3, -0.25) is 19.3 Å². The number of anilines is 1. The number of esters is 1. The maximum atomic E-state index is 13.4. The fraction of sp³-hybridized carbons (Fsp3) is 0.429. The summed E-state index contributed by atoms with van der Waals surface area (Å²) in [7, 11) is 0. The maximum absolute atomic E-state index is 13.4. The van der Waals surface area contributed by atoms with Crippen molar-refractivity contribution in [1.82, 2.24) is 4.90 Å². The number of nitrogens with one attached hydrogen (secondary N) is 1. The SMILES string of the molecule is Cc1cc(C)cc(NC(=O)COC(=O)[C@H](Cc2ccccc2)N2C(=O)[C@H]3[C@H]4CC[C@@H](C4)[C@@H]3C2=O)c1. The Labute approximate surface area is 204 Å². The van der Waals surface area contributed by atoms with Gasteiger partial charge in [0.2, 0.25) is 11.8 Å². The highest BCUT2D eigenvalue weighted by Crippen LogP contribution is 2.56. The number of imide groups is 1. The minimum absolute atomic E-state index is 0.157. The fourth-order valence-corrected chi connectivity index (χ4v) is 6.33. The Morgan fingerprint density at radius 3 is 2.17 bits per heavy atom. The summed E-state index contributed by atoms with van der Waals surface area (Å²) in [5, 5.41) is 2.74. The summed E-state index contributed by atoms with van der Waals surface area (Å²) < 4.78 is 5.37. The second kappa shape index (κ2) is 9.29. The summed E-state index contributed by atoms with van der Waals surface area (Å²) in [5.74, 6) is -1.92. The molecule has 3 fully saturated rings. The minimum atomic E-state index is -1.09. The third-order valence-electron chi connectivity index (χ3n) is 7.67. The molecule has 3 aliphatic rings. The zero-order valence-corrected chi connectivity index (χ0v) is 20.0. The summed E-state index contributed by atoms with van der Waals surface area (Å²) >= 11 is 0. The van der Waals surface area contributed by atoms with Crippen LogP contribution in [0.3, 0.4) is 0 Å². The van der Waals surface area contributed by atoms with Crippen molar-refractivity contribution in [2.24, 2.45) is 23.7 Å². The van der Waals surface area contributed by atoms with E-state index < -0.39 is 24.5 Å². The Balaban J connectivity index is 1.31. The molecule has 0 unspecified atom stereocenters. The number of ether oxygens (including phenoxy) is 1. The van der Waals surface area contributed by atoms with E-state index in [0.717, 1.165) is 40.9 Å². The van der Waals surface area contributed by atoms with E-state index in [0.29, 0.717) is 5.69 Å². The lowest BCUT2D eigenvalue weighted by Gasteiger charge is -2.26. The first-order chi connectivity index (χ1) is 16.8. The van der Waals surface area contributed by atoms with Crippen LogP contribution in [0.5, 0.6) is 0 Å². The van der Waals surface area contributed by atoms with E-state index in [1.54, 1.807) is 0 Å². The fourth-order valence-electron chi connectivity index (χ4n) is 6.33. The molecule has 2 saturated carbocycles. The lowest BCUT2D eigenvalue weighted by atomic mass is 9.81. The highest BCUT2D eigenvalue weighted by molar-refractivity contribution is 6.08. The number of amides is 3. The standard InChI is InChI=1S/C28H30N2O5/c1-16-10-17(2)12-21(11-16)29-23(31)15-35-28(34)22(13-18-6-4-3-5-7-18)30-26(32)24-19-8-9-20(14-19)25(24)27(30)33/h3-7,10-12,19-20,22,24-25H,8-9,13-15H2,1-2H3,(H,29,31)/t19-,20-,22-,24-,25-/m0/s1. The van der Waals surface area contributed by atoms with Crippen molar-refractivity contribution in [3.05, 3.63) is 65.2 Å². The van der Waals surface area contributed by atoms with Gasteiger partial charge in [0.25, 0.3) is 5.91 Å². The molecule has 35 heavy (non-hydrogen) atoms. The quantitative estimate of drug-likeness (QED) is 0.490. The smallest absolute Gasteiger partial charge is 0.330 e. The maximum Gasteiger partial charge on any atom is 0.330 e. The topological polar surface area (TPSA) is 92.8 Å². The molecule has 1 heterocycles. The molecule has 7 nitrogen and oxygen atoms in total. The number of carbonyl (C=O) groups is 4. The third-order valence-corrected chi connectivity index (χ3v) is 7.67. The Morgan fingerprint density at radius 2 is 1.57 bits per heavy atom. The molecular weight excluding hydrogens is 444 g/mol. The van der Waals surface area contributed by atoms with Gasteiger partial charge >= 0.3 is 5.97 Å². The Kier molecular flexibility index (Phi) is 6.17. The molecule has 0 radical (unpaired) electrons. The average molecular weight is 475 g/mol. The van der Waals surface area contributed by atoms with Crippen LogP contribution in [0.4, 0.5) is 5.69 Å². The molecule has 3 amide bonds. The van der Waals surface area contributed by atoms with E-state index in [4.69, 9.17) is 4.74 Å². The molecule has 0 spiro atoms. The van der Waals surface area contributed by atoms with Crippen LogP contribution in [0.2, 0.25) is 0 Å². The van der Waals surface area contributed by atoms with Crippen LogP contribution in [0, 0.1) is 37.5 Å². The number of nitrogens with zero attached hydrogens (tertiary/aromatic N) is 1. The highest BCUT2D eigenvalue weighted by atomic mass is 16.5. The molecule has 2 aliphatic carbocycles. The summed E-state index contributed by atoms with van der Waals surface area (Å²) in [4.78, 5) is 53.6. The zero-order valence-electron chi connectivity index (χ0n) is 20.0. The first-order valence-corrected chi connectivity index (χ1v) is 12.3. The molecule has 0 aromatic heterocycles. The van der Waals surface area contributed by atoms with Gasteiger partial charge in [-0.15, -0.1) is 0 Å². The lowest BCUT2D eigenvalue weighted by Crippen LogP contribution is -2.48. The number of hydrogen-bond donors (Lipinski definition) is 1. The van der Waals surface area contributed by atoms with Crippen molar-refractivity contribution in [3.8, 4) is 0 Å². The van der Waals surface area contributed by atoms with E-state index >= 15 is 0 Å². The van der Waals surface area contributed by atoms with E-state index in [2.05, 4.69) is 5.32 Å². The molecule has 7 heteroatoms. The Morgan fingerprint density at radius 1 is 0.971 bits per heavy atom. The van der Waals surface area contributed by atoms with Gasteiger partial charge in [0.15, 0.2) is 6.61 Å². The summed E-state index contributed by atoms with van der Waals surface area (Å²) in [6, 6.07) is 13.8. The van der Waals surface area contributed by atoms with Gasteiger partial charge in [0.1, 0.15) is 6.04 Å². The van der Waals surface area contributed by atoms with Crippen molar-refractivity contribution in [2.45, 2.75) is 45.6 Å². The molecular formula is C28H30N2O5. The van der Waals surface area contributed by atoms with Crippen LogP contribution < -0.4 is 5.32 Å². The van der Waals surface area contributed by atoms with Crippen LogP contribution in [0.15, 0.2) is 48.5 Å². The second-order valence-corrected chi connectivity index (χ2v) is 10.2. The Bertz CT molecular complexity index is 1130. The predicted molar refractivity (Wildman–Crippen MR) is 129 cm³/mol. The third kappa shape index (κ3) is 4.47. The lowest BCUT2D eigenvalue weighted by molar-refractivity contribution is -0.160. The van der Waals surface area contributed by atoms with E-state index in [1.165, 1.54) is 0 Å². The first kappa shape index (κ1) is 23.3. The van der Waals surface area contributed by atoms with Gasteiger partial charge in [-0.25, -0.2) is 4.79 Å². The number of likely N-dealkylation sites (tertiary alicyclic amines) is 1. The van der Waals surface area contributed by atoms with Gasteiger partial charge < -0.3 is 10.1 Å². The number of benzene rings is 2. The van der Waals surface area contributed by atoms with E-state index in [1.807, 2.05) is 62.4 Å². The highest BCUT2D eigenvalue weighted by Gasteiger charge is 2.62. The normalized spacial score (nSPS) is 25.5. The molecule has 1 saturated heterocycles. The number of rotatable bonds is 7. The molecule has 2 aromatic carbocycles. The average Bonchev–Trinajstić information content (AvgIpc) is 3.50.